The summed E-state index contributed by atoms with van der Waals surface area (Å²) < 4.78 is 50.7. The fraction of sp³-hybridized carbons (Fsp3) is 0.531. The highest BCUT2D eigenvalue weighted by Gasteiger charge is 2.63. The third-order valence-electron chi connectivity index (χ3n) is 7.35. The molecular weight excluding hydrogens is 562 g/mol. The Morgan fingerprint density at radius 1 is 0.930 bits per heavy atom. The minimum atomic E-state index is -3.11. The number of halogens is 2. The summed E-state index contributed by atoms with van der Waals surface area (Å²) in [5, 5.41) is 2.56. The Morgan fingerprint density at radius 3 is 2.00 bits per heavy atom. The van der Waals surface area contributed by atoms with Gasteiger partial charge < -0.3 is 29.2 Å². The second kappa shape index (κ2) is 14.6. The number of Topliss-reactive ketones (excluding diaryl/α,β-unsaturated/α-hetero) is 1. The lowest BCUT2D eigenvalue weighted by molar-refractivity contribution is -0.181. The predicted molar refractivity (Wildman–Crippen MR) is 157 cm³/mol. The third-order valence-corrected chi connectivity index (χ3v) is 7.35. The maximum Gasteiger partial charge on any atom is 0.332 e. The van der Waals surface area contributed by atoms with Crippen molar-refractivity contribution in [1.82, 2.24) is 10.2 Å². The van der Waals surface area contributed by atoms with Gasteiger partial charge in [-0.2, -0.15) is 0 Å². The number of hydrogen-bond acceptors (Lipinski definition) is 7. The van der Waals surface area contributed by atoms with E-state index in [2.05, 4.69) is 5.32 Å². The number of carbonyl (C=O) groups is 3. The van der Waals surface area contributed by atoms with Crippen molar-refractivity contribution in [3.8, 4) is 11.5 Å². The standard InChI is InChI=1S/C32H42F2N2O7/c1-7-40-26-17-25(18-27(41-8-2)28(26)22(5)37)21(4)36(15-16-43-23(6)24-13-11-10-12-14-24)30(39)35-31(29(38)42-9-3)19-32(33,34)20-31/h10-14,17-18,21,23H,7-9,15-16,19-20H2,1-6H3,(H,35,39)/t21?,23-/m0/s1. The average molecular weight is 605 g/mol. The van der Waals surface area contributed by atoms with Crippen LogP contribution in [-0.2, 0) is 14.3 Å². The van der Waals surface area contributed by atoms with E-state index in [9.17, 15) is 23.2 Å². The summed E-state index contributed by atoms with van der Waals surface area (Å²) in [6, 6.07) is 11.5. The van der Waals surface area contributed by atoms with Gasteiger partial charge in [-0.25, -0.2) is 18.4 Å². The van der Waals surface area contributed by atoms with Crippen molar-refractivity contribution in [3.05, 3.63) is 59.2 Å². The van der Waals surface area contributed by atoms with Crippen LogP contribution in [0, 0.1) is 0 Å². The summed E-state index contributed by atoms with van der Waals surface area (Å²) in [6.07, 6.45) is -1.99. The summed E-state index contributed by atoms with van der Waals surface area (Å²) in [7, 11) is 0. The fourth-order valence-electron chi connectivity index (χ4n) is 5.20. The van der Waals surface area contributed by atoms with E-state index in [1.807, 2.05) is 37.3 Å². The lowest BCUT2D eigenvalue weighted by Gasteiger charge is -2.46. The van der Waals surface area contributed by atoms with Gasteiger partial charge in [-0.3, -0.25) is 4.79 Å². The molecule has 1 saturated carbocycles. The molecule has 1 N–H and O–H groups in total. The Morgan fingerprint density at radius 2 is 1.51 bits per heavy atom. The first kappa shape index (κ1) is 33.8. The lowest BCUT2D eigenvalue weighted by atomic mass is 9.73. The number of carbonyl (C=O) groups excluding carboxylic acids is 3. The van der Waals surface area contributed by atoms with E-state index >= 15 is 0 Å². The molecule has 2 aromatic carbocycles. The van der Waals surface area contributed by atoms with Crippen LogP contribution in [0.4, 0.5) is 13.6 Å². The van der Waals surface area contributed by atoms with E-state index in [1.165, 1.54) is 11.8 Å². The number of nitrogens with one attached hydrogen (secondary N) is 1. The van der Waals surface area contributed by atoms with Crippen LogP contribution in [0.15, 0.2) is 42.5 Å². The molecule has 3 rings (SSSR count). The topological polar surface area (TPSA) is 103 Å². The Hall–Kier alpha value is -3.73. The zero-order valence-electron chi connectivity index (χ0n) is 25.7. The Balaban J connectivity index is 1.96. The molecule has 11 heteroatoms. The zero-order valence-corrected chi connectivity index (χ0v) is 25.7. The van der Waals surface area contributed by atoms with Crippen LogP contribution in [0.5, 0.6) is 11.5 Å². The number of benzene rings is 2. The number of rotatable bonds is 15. The highest BCUT2D eigenvalue weighted by Crippen LogP contribution is 2.46. The molecule has 0 aromatic heterocycles. The largest absolute Gasteiger partial charge is 0.493 e. The van der Waals surface area contributed by atoms with Gasteiger partial charge in [0, 0.05) is 19.4 Å². The number of ketones is 1. The normalized spacial score (nSPS) is 16.3. The summed E-state index contributed by atoms with van der Waals surface area (Å²) in [4.78, 5) is 40.5. The summed E-state index contributed by atoms with van der Waals surface area (Å²) in [5.41, 5.74) is -0.0361. The van der Waals surface area contributed by atoms with E-state index in [-0.39, 0.29) is 50.4 Å². The van der Waals surface area contributed by atoms with Gasteiger partial charge in [-0.1, -0.05) is 30.3 Å². The molecule has 0 saturated heterocycles. The highest BCUT2D eigenvalue weighted by atomic mass is 19.3. The summed E-state index contributed by atoms with van der Waals surface area (Å²) >= 11 is 0. The van der Waals surface area contributed by atoms with Gasteiger partial charge in [0.25, 0.3) is 5.92 Å². The molecule has 2 aromatic rings. The van der Waals surface area contributed by atoms with Crippen molar-refractivity contribution >= 4 is 17.8 Å². The number of esters is 1. The van der Waals surface area contributed by atoms with Crippen LogP contribution >= 0.6 is 0 Å². The van der Waals surface area contributed by atoms with E-state index < -0.39 is 42.3 Å². The smallest absolute Gasteiger partial charge is 0.332 e. The van der Waals surface area contributed by atoms with Gasteiger partial charge in [0.05, 0.1) is 38.6 Å². The van der Waals surface area contributed by atoms with Gasteiger partial charge >= 0.3 is 12.0 Å². The van der Waals surface area contributed by atoms with Gasteiger partial charge in [-0.05, 0) is 64.8 Å². The molecule has 2 atom stereocenters. The first-order valence-corrected chi connectivity index (χ1v) is 14.6. The van der Waals surface area contributed by atoms with E-state index in [4.69, 9.17) is 18.9 Å². The maximum atomic E-state index is 14.1. The van der Waals surface area contributed by atoms with Crippen molar-refractivity contribution in [2.75, 3.05) is 33.0 Å². The Kier molecular flexibility index (Phi) is 11.5. The molecule has 2 amide bonds. The van der Waals surface area contributed by atoms with Crippen LogP contribution in [0.25, 0.3) is 0 Å². The van der Waals surface area contributed by atoms with E-state index in [0.717, 1.165) is 5.56 Å². The van der Waals surface area contributed by atoms with Crippen molar-refractivity contribution in [1.29, 1.82) is 0 Å². The second-order valence-electron chi connectivity index (χ2n) is 10.5. The van der Waals surface area contributed by atoms with Crippen molar-refractivity contribution in [3.63, 3.8) is 0 Å². The fourth-order valence-corrected chi connectivity index (χ4v) is 5.20. The maximum absolute atomic E-state index is 14.1. The molecule has 236 valence electrons. The van der Waals surface area contributed by atoms with Gasteiger partial charge in [0.15, 0.2) is 11.3 Å². The molecule has 9 nitrogen and oxygen atoms in total. The Labute approximate surface area is 251 Å². The van der Waals surface area contributed by atoms with Crippen molar-refractivity contribution in [2.45, 2.75) is 78.0 Å². The molecule has 1 fully saturated rings. The van der Waals surface area contributed by atoms with E-state index in [1.54, 1.807) is 39.8 Å². The van der Waals surface area contributed by atoms with Crippen LogP contribution < -0.4 is 14.8 Å². The number of amides is 2. The Bertz CT molecular complexity index is 1240. The number of hydrogen-bond donors (Lipinski definition) is 1. The molecule has 0 heterocycles. The van der Waals surface area contributed by atoms with Crippen LogP contribution in [-0.4, -0.2) is 67.1 Å². The summed E-state index contributed by atoms with van der Waals surface area (Å²) in [5.74, 6) is -3.64. The SMILES string of the molecule is CCOC(=O)C1(NC(=O)N(CCO[C@@H](C)c2ccccc2)C(C)c2cc(OCC)c(C(C)=O)c(OCC)c2)CC(F)(F)C1. The minimum Gasteiger partial charge on any atom is -0.493 e. The van der Waals surface area contributed by atoms with Gasteiger partial charge in [0.1, 0.15) is 17.1 Å². The second-order valence-corrected chi connectivity index (χ2v) is 10.5. The number of alkyl halides is 2. The minimum absolute atomic E-state index is 0.0176. The van der Waals surface area contributed by atoms with Crippen molar-refractivity contribution < 1.29 is 42.1 Å². The molecule has 1 aliphatic rings. The zero-order chi connectivity index (χ0) is 31.8. The molecule has 1 unspecified atom stereocenters. The third kappa shape index (κ3) is 8.22. The molecule has 43 heavy (non-hydrogen) atoms. The first-order chi connectivity index (χ1) is 20.4. The molecule has 1 aliphatic carbocycles. The summed E-state index contributed by atoms with van der Waals surface area (Å²) in [6.45, 7) is 10.9. The van der Waals surface area contributed by atoms with Crippen LogP contribution in [0.3, 0.4) is 0 Å². The van der Waals surface area contributed by atoms with Gasteiger partial charge in [-0.15, -0.1) is 0 Å². The van der Waals surface area contributed by atoms with Gasteiger partial charge in [0.2, 0.25) is 0 Å². The molecule has 0 aliphatic heterocycles. The molecule has 0 radical (unpaired) electrons. The first-order valence-electron chi connectivity index (χ1n) is 14.6. The van der Waals surface area contributed by atoms with Crippen LogP contribution in [0.1, 0.15) is 88.0 Å². The molecule has 0 bridgehead atoms. The number of ether oxygens (including phenoxy) is 4. The number of nitrogens with zero attached hydrogens (tertiary/aromatic N) is 1. The highest BCUT2D eigenvalue weighted by molar-refractivity contribution is 6.00. The molecule has 0 spiro atoms. The average Bonchev–Trinajstić information content (AvgIpc) is 2.94. The quantitative estimate of drug-likeness (QED) is 0.189. The predicted octanol–water partition coefficient (Wildman–Crippen LogP) is 6.27. The molecular formula is C32H42F2N2O7. The van der Waals surface area contributed by atoms with Crippen LogP contribution in [0.2, 0.25) is 0 Å². The monoisotopic (exact) mass is 604 g/mol. The van der Waals surface area contributed by atoms with E-state index in [0.29, 0.717) is 17.1 Å². The number of urea groups is 1. The lowest BCUT2D eigenvalue weighted by Crippen LogP contribution is -2.68. The van der Waals surface area contributed by atoms with Crippen molar-refractivity contribution in [2.24, 2.45) is 0 Å².